The lowest BCUT2D eigenvalue weighted by Gasteiger charge is -2.09. The van der Waals surface area contributed by atoms with Crippen LogP contribution in [-0.2, 0) is 38.0 Å². The Morgan fingerprint density at radius 1 is 0.677 bits per heavy atom. The van der Waals surface area contributed by atoms with Crippen molar-refractivity contribution < 1.29 is 42.7 Å². The van der Waals surface area contributed by atoms with Gasteiger partial charge in [0.1, 0.15) is 19.0 Å². The number of carbonyl (C=O) groups excluding carboxylic acids is 1. The van der Waals surface area contributed by atoms with Crippen LogP contribution in [0.15, 0.2) is 24.3 Å². The quantitative estimate of drug-likeness (QED) is 0.166. The van der Waals surface area contributed by atoms with Gasteiger partial charge in [-0.3, -0.25) is 0 Å². The molecule has 1 aromatic carbocycles. The van der Waals surface area contributed by atoms with Gasteiger partial charge in [-0.05, 0) is 12.1 Å². The minimum Gasteiger partial charge on any atom is -0.489 e. The second kappa shape index (κ2) is 20.0. The van der Waals surface area contributed by atoms with Crippen LogP contribution in [0.5, 0.6) is 5.75 Å². The standard InChI is InChI=1S/C21H35NO9/c1-24-21(23)18-30-15-14-28-11-10-26-7-6-25-8-9-27-12-13-29-16-17-31-20-5-3-2-4-19(20)22/h2-5H,6-18,22H2,1H3. The summed E-state index contributed by atoms with van der Waals surface area (Å²) >= 11 is 0. The van der Waals surface area contributed by atoms with Crippen molar-refractivity contribution in [3.05, 3.63) is 24.3 Å². The Balaban J connectivity index is 1.71. The monoisotopic (exact) mass is 445 g/mol. The molecule has 0 atom stereocenters. The van der Waals surface area contributed by atoms with Gasteiger partial charge < -0.3 is 43.6 Å². The maximum absolute atomic E-state index is 10.8. The molecule has 0 aliphatic carbocycles. The van der Waals surface area contributed by atoms with Gasteiger partial charge in [-0.15, -0.1) is 0 Å². The summed E-state index contributed by atoms with van der Waals surface area (Å²) in [5.41, 5.74) is 6.40. The number of methoxy groups -OCH3 is 1. The molecule has 0 heterocycles. The zero-order valence-electron chi connectivity index (χ0n) is 18.3. The zero-order chi connectivity index (χ0) is 22.4. The summed E-state index contributed by atoms with van der Waals surface area (Å²) < 4.78 is 41.9. The highest BCUT2D eigenvalue weighted by molar-refractivity contribution is 5.70. The lowest BCUT2D eigenvalue weighted by molar-refractivity contribution is -0.146. The summed E-state index contributed by atoms with van der Waals surface area (Å²) in [6.07, 6.45) is 0. The summed E-state index contributed by atoms with van der Waals surface area (Å²) in [5, 5.41) is 0. The number of benzene rings is 1. The smallest absolute Gasteiger partial charge is 0.331 e. The van der Waals surface area contributed by atoms with E-state index in [0.717, 1.165) is 0 Å². The molecule has 0 radical (unpaired) electrons. The topological polar surface area (TPSA) is 117 Å². The Morgan fingerprint density at radius 2 is 1.10 bits per heavy atom. The number of nitrogen functional groups attached to an aromatic ring is 1. The Hall–Kier alpha value is -1.95. The minimum absolute atomic E-state index is 0.0654. The highest BCUT2D eigenvalue weighted by atomic mass is 16.6. The van der Waals surface area contributed by atoms with E-state index in [9.17, 15) is 4.79 Å². The number of para-hydroxylation sites is 2. The van der Waals surface area contributed by atoms with Crippen LogP contribution < -0.4 is 10.5 Å². The van der Waals surface area contributed by atoms with Gasteiger partial charge in [0.2, 0.25) is 0 Å². The van der Waals surface area contributed by atoms with E-state index in [1.807, 2.05) is 18.2 Å². The van der Waals surface area contributed by atoms with Gasteiger partial charge in [0.15, 0.2) is 0 Å². The fraction of sp³-hybridized carbons (Fsp3) is 0.667. The first kappa shape index (κ1) is 27.1. The fourth-order valence-electron chi connectivity index (χ4n) is 2.14. The van der Waals surface area contributed by atoms with Crippen LogP contribution in [0.3, 0.4) is 0 Å². The maximum Gasteiger partial charge on any atom is 0.331 e. The van der Waals surface area contributed by atoms with Crippen molar-refractivity contribution in [1.82, 2.24) is 0 Å². The number of nitrogens with two attached hydrogens (primary N) is 1. The lowest BCUT2D eigenvalue weighted by atomic mass is 10.3. The highest BCUT2D eigenvalue weighted by Crippen LogP contribution is 2.19. The minimum atomic E-state index is -0.405. The van der Waals surface area contributed by atoms with Crippen molar-refractivity contribution >= 4 is 11.7 Å². The summed E-state index contributed by atoms with van der Waals surface area (Å²) in [4.78, 5) is 10.8. The number of hydrogen-bond acceptors (Lipinski definition) is 10. The molecule has 1 aromatic rings. The third kappa shape index (κ3) is 16.4. The first-order valence-corrected chi connectivity index (χ1v) is 10.2. The molecular weight excluding hydrogens is 410 g/mol. The molecular formula is C21H35NO9. The summed E-state index contributed by atoms with van der Waals surface area (Å²) in [6, 6.07) is 7.35. The number of carbonyl (C=O) groups is 1. The van der Waals surface area contributed by atoms with Crippen molar-refractivity contribution in [2.24, 2.45) is 0 Å². The van der Waals surface area contributed by atoms with Crippen LogP contribution >= 0.6 is 0 Å². The molecule has 0 bridgehead atoms. The molecule has 10 heteroatoms. The third-order valence-electron chi connectivity index (χ3n) is 3.71. The fourth-order valence-corrected chi connectivity index (χ4v) is 2.14. The average Bonchev–Trinajstić information content (AvgIpc) is 2.78. The van der Waals surface area contributed by atoms with Gasteiger partial charge in [0, 0.05) is 0 Å². The summed E-state index contributed by atoms with van der Waals surface area (Å²) in [6.45, 7) is 5.43. The molecule has 0 aromatic heterocycles. The maximum atomic E-state index is 10.8. The van der Waals surface area contributed by atoms with Gasteiger partial charge in [-0.2, -0.15) is 0 Å². The van der Waals surface area contributed by atoms with Crippen molar-refractivity contribution in [3.8, 4) is 5.75 Å². The molecule has 10 nitrogen and oxygen atoms in total. The van der Waals surface area contributed by atoms with E-state index in [0.29, 0.717) is 90.7 Å². The van der Waals surface area contributed by atoms with Crippen molar-refractivity contribution in [1.29, 1.82) is 0 Å². The molecule has 1 rings (SSSR count). The lowest BCUT2D eigenvalue weighted by Crippen LogP contribution is -2.16. The van der Waals surface area contributed by atoms with E-state index in [2.05, 4.69) is 4.74 Å². The number of hydrogen-bond donors (Lipinski definition) is 1. The summed E-state index contributed by atoms with van der Waals surface area (Å²) in [5.74, 6) is 0.260. The van der Waals surface area contributed by atoms with Crippen LogP contribution in [-0.4, -0.2) is 99.0 Å². The van der Waals surface area contributed by atoms with Crippen molar-refractivity contribution in [2.45, 2.75) is 0 Å². The van der Waals surface area contributed by atoms with E-state index < -0.39 is 5.97 Å². The molecule has 178 valence electrons. The first-order valence-electron chi connectivity index (χ1n) is 10.2. The second-order valence-electron chi connectivity index (χ2n) is 6.08. The van der Waals surface area contributed by atoms with Crippen LogP contribution in [0.2, 0.25) is 0 Å². The highest BCUT2D eigenvalue weighted by Gasteiger charge is 1.99. The van der Waals surface area contributed by atoms with E-state index >= 15 is 0 Å². The Labute approximate surface area is 183 Å². The molecule has 0 fully saturated rings. The van der Waals surface area contributed by atoms with E-state index in [1.165, 1.54) is 7.11 Å². The van der Waals surface area contributed by atoms with Crippen LogP contribution in [0.25, 0.3) is 0 Å². The molecule has 0 saturated heterocycles. The normalized spacial score (nSPS) is 10.9. The van der Waals surface area contributed by atoms with Crippen molar-refractivity contribution in [2.75, 3.05) is 98.7 Å². The third-order valence-corrected chi connectivity index (χ3v) is 3.71. The largest absolute Gasteiger partial charge is 0.489 e. The van der Waals surface area contributed by atoms with Gasteiger partial charge in [0.25, 0.3) is 0 Å². The van der Waals surface area contributed by atoms with Gasteiger partial charge in [-0.25, -0.2) is 4.79 Å². The molecule has 0 saturated carbocycles. The molecule has 0 aliphatic rings. The zero-order valence-corrected chi connectivity index (χ0v) is 18.3. The molecule has 0 spiro atoms. The van der Waals surface area contributed by atoms with E-state index in [-0.39, 0.29) is 6.61 Å². The van der Waals surface area contributed by atoms with Crippen LogP contribution in [0.1, 0.15) is 0 Å². The summed E-state index contributed by atoms with van der Waals surface area (Å²) in [7, 11) is 1.31. The van der Waals surface area contributed by atoms with Gasteiger partial charge in [-0.1, -0.05) is 12.1 Å². The first-order chi connectivity index (χ1) is 15.2. The van der Waals surface area contributed by atoms with Gasteiger partial charge >= 0.3 is 5.97 Å². The van der Waals surface area contributed by atoms with Crippen molar-refractivity contribution in [3.63, 3.8) is 0 Å². The SMILES string of the molecule is COC(=O)COCCOCCOCCOCCOCCOCCOc1ccccc1N. The molecule has 0 aliphatic heterocycles. The number of esters is 1. The van der Waals surface area contributed by atoms with E-state index in [1.54, 1.807) is 6.07 Å². The number of anilines is 1. The Kier molecular flexibility index (Phi) is 17.5. The van der Waals surface area contributed by atoms with E-state index in [4.69, 9.17) is 38.9 Å². The molecule has 31 heavy (non-hydrogen) atoms. The number of rotatable bonds is 21. The molecule has 2 N–H and O–H groups in total. The molecule has 0 unspecified atom stereocenters. The number of ether oxygens (including phenoxy) is 8. The van der Waals surface area contributed by atoms with Crippen LogP contribution in [0, 0.1) is 0 Å². The second-order valence-corrected chi connectivity index (χ2v) is 6.08. The predicted molar refractivity (Wildman–Crippen MR) is 113 cm³/mol. The average molecular weight is 446 g/mol. The predicted octanol–water partition coefficient (Wildman–Crippen LogP) is 0.920. The van der Waals surface area contributed by atoms with Gasteiger partial charge in [0.05, 0.1) is 85.5 Å². The molecule has 0 amide bonds. The Bertz CT molecular complexity index is 559. The van der Waals surface area contributed by atoms with Crippen LogP contribution in [0.4, 0.5) is 5.69 Å². The Morgan fingerprint density at radius 3 is 1.55 bits per heavy atom.